The van der Waals surface area contributed by atoms with Gasteiger partial charge in [-0.3, -0.25) is 4.98 Å². The Morgan fingerprint density at radius 3 is 2.83 bits per heavy atom. The first-order chi connectivity index (χ1) is 8.74. The number of para-hydroxylation sites is 1. The maximum absolute atomic E-state index is 4.68. The van der Waals surface area contributed by atoms with Crippen molar-refractivity contribution >= 4 is 16.6 Å². The van der Waals surface area contributed by atoms with Gasteiger partial charge < -0.3 is 5.32 Å². The summed E-state index contributed by atoms with van der Waals surface area (Å²) in [7, 11) is 0. The molecule has 1 fully saturated rings. The lowest BCUT2D eigenvalue weighted by molar-refractivity contribution is 0.557. The Morgan fingerprint density at radius 1 is 1.17 bits per heavy atom. The van der Waals surface area contributed by atoms with Gasteiger partial charge in [-0.25, -0.2) is 0 Å². The summed E-state index contributed by atoms with van der Waals surface area (Å²) in [4.78, 5) is 4.68. The van der Waals surface area contributed by atoms with Crippen LogP contribution in [0.2, 0.25) is 0 Å². The Hall–Kier alpha value is -1.57. The van der Waals surface area contributed by atoms with Crippen LogP contribution in [0.4, 0.5) is 5.69 Å². The van der Waals surface area contributed by atoms with Crippen LogP contribution in [0.25, 0.3) is 10.9 Å². The van der Waals surface area contributed by atoms with Gasteiger partial charge in [0.1, 0.15) is 0 Å². The zero-order chi connectivity index (χ0) is 12.5. The largest absolute Gasteiger partial charge is 0.380 e. The molecule has 1 aliphatic rings. The first-order valence-corrected chi connectivity index (χ1v) is 6.87. The van der Waals surface area contributed by atoms with Crippen LogP contribution in [0.3, 0.4) is 0 Å². The number of benzene rings is 1. The molecular formula is C16H20N2. The van der Waals surface area contributed by atoms with E-state index in [1.807, 2.05) is 0 Å². The van der Waals surface area contributed by atoms with Gasteiger partial charge in [0, 0.05) is 17.1 Å². The number of nitrogens with one attached hydrogen (secondary N) is 1. The van der Waals surface area contributed by atoms with Gasteiger partial charge in [-0.05, 0) is 37.8 Å². The van der Waals surface area contributed by atoms with Crippen molar-refractivity contribution in [3.8, 4) is 0 Å². The molecule has 2 atom stereocenters. The van der Waals surface area contributed by atoms with Crippen LogP contribution >= 0.6 is 0 Å². The highest BCUT2D eigenvalue weighted by molar-refractivity contribution is 5.90. The molecule has 0 radical (unpaired) electrons. The fourth-order valence-electron chi connectivity index (χ4n) is 2.92. The van der Waals surface area contributed by atoms with E-state index in [4.69, 9.17) is 0 Å². The molecular weight excluding hydrogens is 220 g/mol. The third kappa shape index (κ3) is 2.07. The van der Waals surface area contributed by atoms with Gasteiger partial charge in [-0.2, -0.15) is 0 Å². The number of aromatic nitrogens is 1. The third-order valence-electron chi connectivity index (χ3n) is 4.06. The number of nitrogens with zero attached hydrogens (tertiary/aromatic N) is 1. The van der Waals surface area contributed by atoms with Crippen molar-refractivity contribution in [1.82, 2.24) is 4.98 Å². The molecule has 3 rings (SSSR count). The maximum atomic E-state index is 4.68. The molecule has 2 nitrogen and oxygen atoms in total. The van der Waals surface area contributed by atoms with Crippen LogP contribution in [0, 0.1) is 12.8 Å². The Balaban J connectivity index is 1.98. The van der Waals surface area contributed by atoms with Gasteiger partial charge >= 0.3 is 0 Å². The number of aryl methyl sites for hydroxylation is 1. The first-order valence-electron chi connectivity index (χ1n) is 6.87. The van der Waals surface area contributed by atoms with Crippen LogP contribution in [0.1, 0.15) is 31.9 Å². The van der Waals surface area contributed by atoms with Crippen molar-refractivity contribution < 1.29 is 0 Å². The van der Waals surface area contributed by atoms with E-state index in [0.29, 0.717) is 6.04 Å². The molecule has 1 aliphatic carbocycles. The van der Waals surface area contributed by atoms with Crippen molar-refractivity contribution in [2.45, 2.75) is 39.2 Å². The summed E-state index contributed by atoms with van der Waals surface area (Å²) in [5, 5.41) is 4.92. The van der Waals surface area contributed by atoms with Gasteiger partial charge in [0.05, 0.1) is 11.2 Å². The highest BCUT2D eigenvalue weighted by atomic mass is 14.9. The van der Waals surface area contributed by atoms with E-state index in [1.54, 1.807) is 0 Å². The second-order valence-corrected chi connectivity index (χ2v) is 5.49. The molecule has 2 heteroatoms. The number of anilines is 1. The van der Waals surface area contributed by atoms with E-state index in [0.717, 1.165) is 17.1 Å². The summed E-state index contributed by atoms with van der Waals surface area (Å²) in [6.45, 7) is 4.39. The van der Waals surface area contributed by atoms with Gasteiger partial charge in [-0.15, -0.1) is 0 Å². The number of rotatable bonds is 2. The van der Waals surface area contributed by atoms with Crippen LogP contribution in [0.5, 0.6) is 0 Å². The zero-order valence-corrected chi connectivity index (χ0v) is 11.1. The second kappa shape index (κ2) is 4.60. The number of hydrogen-bond donors (Lipinski definition) is 1. The average molecular weight is 240 g/mol. The molecule has 0 saturated heterocycles. The first kappa shape index (κ1) is 11.5. The normalized spacial score (nSPS) is 23.4. The predicted molar refractivity (Wildman–Crippen MR) is 76.9 cm³/mol. The lowest BCUT2D eigenvalue weighted by Gasteiger charge is -2.19. The molecule has 0 spiro atoms. The fourth-order valence-corrected chi connectivity index (χ4v) is 2.92. The van der Waals surface area contributed by atoms with E-state index in [9.17, 15) is 0 Å². The molecule has 18 heavy (non-hydrogen) atoms. The molecule has 0 aliphatic heterocycles. The lowest BCUT2D eigenvalue weighted by Crippen LogP contribution is -2.21. The number of hydrogen-bond acceptors (Lipinski definition) is 2. The highest BCUT2D eigenvalue weighted by Crippen LogP contribution is 2.30. The maximum Gasteiger partial charge on any atom is 0.0936 e. The second-order valence-electron chi connectivity index (χ2n) is 5.49. The molecule has 94 valence electrons. The monoisotopic (exact) mass is 240 g/mol. The summed E-state index contributed by atoms with van der Waals surface area (Å²) < 4.78 is 0. The molecule has 2 unspecified atom stereocenters. The predicted octanol–water partition coefficient (Wildman–Crippen LogP) is 4.14. The van der Waals surface area contributed by atoms with Crippen molar-refractivity contribution in [2.24, 2.45) is 5.92 Å². The molecule has 1 aromatic carbocycles. The molecule has 1 saturated carbocycles. The standard InChI is InChI=1S/C16H20N2/c1-11-5-3-7-14(11)18-15-8-4-6-13-10-9-12(2)17-16(13)15/h4,6,8-11,14,18H,3,5,7H2,1-2H3. The molecule has 1 aromatic heterocycles. The highest BCUT2D eigenvalue weighted by Gasteiger charge is 2.23. The Bertz CT molecular complexity index is 562. The molecule has 0 amide bonds. The zero-order valence-electron chi connectivity index (χ0n) is 11.1. The summed E-state index contributed by atoms with van der Waals surface area (Å²) in [6, 6.07) is 11.2. The van der Waals surface area contributed by atoms with Gasteiger partial charge in [0.2, 0.25) is 0 Å². The van der Waals surface area contributed by atoms with E-state index in [2.05, 4.69) is 54.5 Å². The van der Waals surface area contributed by atoms with E-state index in [1.165, 1.54) is 30.3 Å². The summed E-state index contributed by atoms with van der Waals surface area (Å²) in [5.41, 5.74) is 3.38. The summed E-state index contributed by atoms with van der Waals surface area (Å²) >= 11 is 0. The molecule has 1 N–H and O–H groups in total. The third-order valence-corrected chi connectivity index (χ3v) is 4.06. The Labute approximate surface area is 108 Å². The van der Waals surface area contributed by atoms with E-state index < -0.39 is 0 Å². The topological polar surface area (TPSA) is 24.9 Å². The van der Waals surface area contributed by atoms with Gasteiger partial charge in [0.15, 0.2) is 0 Å². The lowest BCUT2D eigenvalue weighted by atomic mass is 10.1. The minimum Gasteiger partial charge on any atom is -0.380 e. The number of pyridine rings is 1. The minimum absolute atomic E-state index is 0.609. The van der Waals surface area contributed by atoms with Crippen LogP contribution in [0.15, 0.2) is 30.3 Å². The number of fused-ring (bicyclic) bond motifs is 1. The smallest absolute Gasteiger partial charge is 0.0936 e. The molecule has 1 heterocycles. The van der Waals surface area contributed by atoms with Gasteiger partial charge in [-0.1, -0.05) is 31.5 Å². The van der Waals surface area contributed by atoms with Gasteiger partial charge in [0.25, 0.3) is 0 Å². The van der Waals surface area contributed by atoms with Crippen LogP contribution in [-0.2, 0) is 0 Å². The minimum atomic E-state index is 0.609. The SMILES string of the molecule is Cc1ccc2cccc(NC3CCCC3C)c2n1. The molecule has 0 bridgehead atoms. The fraction of sp³-hybridized carbons (Fsp3) is 0.438. The van der Waals surface area contributed by atoms with Crippen LogP contribution in [-0.4, -0.2) is 11.0 Å². The van der Waals surface area contributed by atoms with Crippen molar-refractivity contribution in [3.63, 3.8) is 0 Å². The summed E-state index contributed by atoms with van der Waals surface area (Å²) in [6.07, 6.45) is 3.97. The van der Waals surface area contributed by atoms with Crippen LogP contribution < -0.4 is 5.32 Å². The van der Waals surface area contributed by atoms with Crippen molar-refractivity contribution in [1.29, 1.82) is 0 Å². The molecule has 2 aromatic rings. The Kier molecular flexibility index (Phi) is 2.94. The Morgan fingerprint density at radius 2 is 2.06 bits per heavy atom. The summed E-state index contributed by atoms with van der Waals surface area (Å²) in [5.74, 6) is 0.769. The van der Waals surface area contributed by atoms with Crippen molar-refractivity contribution in [2.75, 3.05) is 5.32 Å². The quantitative estimate of drug-likeness (QED) is 0.853. The van der Waals surface area contributed by atoms with E-state index >= 15 is 0 Å². The van der Waals surface area contributed by atoms with Crippen molar-refractivity contribution in [3.05, 3.63) is 36.0 Å². The van der Waals surface area contributed by atoms with E-state index in [-0.39, 0.29) is 0 Å². The average Bonchev–Trinajstić information content (AvgIpc) is 2.76.